The van der Waals surface area contributed by atoms with Crippen molar-refractivity contribution >= 4 is 5.95 Å². The Hall–Kier alpha value is -1.89. The van der Waals surface area contributed by atoms with Crippen LogP contribution in [0, 0.1) is 0 Å². The minimum Gasteiger partial charge on any atom is -0.348 e. The maximum Gasteiger partial charge on any atom is 0.213 e. The van der Waals surface area contributed by atoms with Gasteiger partial charge >= 0.3 is 0 Å². The number of hydrogen-bond donors (Lipinski definition) is 1. The molecule has 0 bridgehead atoms. The number of rotatable bonds is 6. The molecule has 0 radical (unpaired) electrons. The number of nitrogens with zero attached hydrogens (tertiary/aromatic N) is 5. The summed E-state index contributed by atoms with van der Waals surface area (Å²) in [6.07, 6.45) is 3.99. The van der Waals surface area contributed by atoms with Crippen LogP contribution in [0.5, 0.6) is 0 Å². The van der Waals surface area contributed by atoms with Crippen molar-refractivity contribution < 1.29 is 4.52 Å². The van der Waals surface area contributed by atoms with Crippen molar-refractivity contribution in [2.24, 2.45) is 7.05 Å². The normalized spacial score (nSPS) is 10.8. The molecule has 0 aliphatic rings. The zero-order valence-corrected chi connectivity index (χ0v) is 10.9. The van der Waals surface area contributed by atoms with Gasteiger partial charge in [0, 0.05) is 40.7 Å². The van der Waals surface area contributed by atoms with Crippen LogP contribution < -0.4 is 10.2 Å². The van der Waals surface area contributed by atoms with Crippen LogP contribution in [0.2, 0.25) is 0 Å². The van der Waals surface area contributed by atoms with Gasteiger partial charge in [0.2, 0.25) is 12.3 Å². The lowest BCUT2D eigenvalue weighted by Crippen LogP contribution is -2.20. The highest BCUT2D eigenvalue weighted by Gasteiger charge is 2.07. The molecule has 98 valence electrons. The third-order valence-electron chi connectivity index (χ3n) is 2.70. The van der Waals surface area contributed by atoms with Crippen molar-refractivity contribution in [3.63, 3.8) is 0 Å². The second-order valence-corrected chi connectivity index (χ2v) is 4.28. The molecule has 0 spiro atoms. The van der Waals surface area contributed by atoms with Gasteiger partial charge in [0.15, 0.2) is 5.82 Å². The fourth-order valence-electron chi connectivity index (χ4n) is 1.73. The predicted molar refractivity (Wildman–Crippen MR) is 67.2 cm³/mol. The topological polar surface area (TPSA) is 72.0 Å². The summed E-state index contributed by atoms with van der Waals surface area (Å²) >= 11 is 0. The van der Waals surface area contributed by atoms with E-state index in [1.54, 1.807) is 0 Å². The van der Waals surface area contributed by atoms with E-state index in [1.165, 1.54) is 6.39 Å². The van der Waals surface area contributed by atoms with Crippen LogP contribution in [-0.2, 0) is 20.0 Å². The first-order chi connectivity index (χ1) is 8.68. The Labute approximate surface area is 106 Å². The monoisotopic (exact) mass is 250 g/mol. The summed E-state index contributed by atoms with van der Waals surface area (Å²) in [5, 5.41) is 7.09. The molecule has 18 heavy (non-hydrogen) atoms. The van der Waals surface area contributed by atoms with Gasteiger partial charge in [0.1, 0.15) is 0 Å². The molecule has 2 aromatic rings. The minimum atomic E-state index is 0.724. The average Bonchev–Trinajstić information content (AvgIpc) is 2.95. The molecule has 0 unspecified atom stereocenters. The molecule has 2 rings (SSSR count). The van der Waals surface area contributed by atoms with E-state index in [4.69, 9.17) is 0 Å². The smallest absolute Gasteiger partial charge is 0.213 e. The Morgan fingerprint density at radius 3 is 2.83 bits per heavy atom. The SMILES string of the molecule is CN(C)c1ncc(CNCCc2ncon2)n1C. The second-order valence-electron chi connectivity index (χ2n) is 4.28. The highest BCUT2D eigenvalue weighted by atomic mass is 16.5. The Morgan fingerprint density at radius 1 is 1.39 bits per heavy atom. The first-order valence-corrected chi connectivity index (χ1v) is 5.82. The lowest BCUT2D eigenvalue weighted by atomic mass is 10.4. The molecule has 2 heterocycles. The van der Waals surface area contributed by atoms with E-state index in [0.717, 1.165) is 37.0 Å². The number of nitrogens with one attached hydrogen (secondary N) is 1. The van der Waals surface area contributed by atoms with E-state index in [9.17, 15) is 0 Å². The Kier molecular flexibility index (Phi) is 3.93. The molecule has 0 saturated carbocycles. The molecule has 0 amide bonds. The van der Waals surface area contributed by atoms with E-state index in [2.05, 4.69) is 29.5 Å². The molecule has 0 saturated heterocycles. The number of hydrogen-bond acceptors (Lipinski definition) is 6. The van der Waals surface area contributed by atoms with Crippen LogP contribution in [0.4, 0.5) is 5.95 Å². The third-order valence-corrected chi connectivity index (χ3v) is 2.70. The standard InChI is InChI=1S/C11H18N6O/c1-16(2)11-13-7-9(17(11)3)6-12-5-4-10-14-8-18-15-10/h7-8,12H,4-6H2,1-3H3. The van der Waals surface area contributed by atoms with Crippen LogP contribution in [0.15, 0.2) is 17.1 Å². The molecular formula is C11H18N6O. The van der Waals surface area contributed by atoms with E-state index < -0.39 is 0 Å². The van der Waals surface area contributed by atoms with Crippen molar-refractivity contribution in [3.05, 3.63) is 24.1 Å². The Balaban J connectivity index is 1.80. The zero-order valence-electron chi connectivity index (χ0n) is 10.9. The van der Waals surface area contributed by atoms with Gasteiger partial charge in [-0.2, -0.15) is 4.98 Å². The Morgan fingerprint density at radius 2 is 2.22 bits per heavy atom. The maximum atomic E-state index is 4.67. The first kappa shape index (κ1) is 12.6. The number of aromatic nitrogens is 4. The highest BCUT2D eigenvalue weighted by Crippen LogP contribution is 2.10. The van der Waals surface area contributed by atoms with Crippen LogP contribution in [0.3, 0.4) is 0 Å². The Bertz CT molecular complexity index is 476. The van der Waals surface area contributed by atoms with Gasteiger partial charge in [-0.1, -0.05) is 5.16 Å². The average molecular weight is 250 g/mol. The highest BCUT2D eigenvalue weighted by molar-refractivity contribution is 5.30. The van der Waals surface area contributed by atoms with Crippen LogP contribution >= 0.6 is 0 Å². The van der Waals surface area contributed by atoms with Gasteiger partial charge in [-0.3, -0.25) is 0 Å². The van der Waals surface area contributed by atoms with Gasteiger partial charge in [-0.25, -0.2) is 4.98 Å². The summed E-state index contributed by atoms with van der Waals surface area (Å²) in [7, 11) is 5.98. The second kappa shape index (κ2) is 5.63. The van der Waals surface area contributed by atoms with Crippen molar-refractivity contribution in [2.45, 2.75) is 13.0 Å². The van der Waals surface area contributed by atoms with Crippen molar-refractivity contribution in [3.8, 4) is 0 Å². The number of anilines is 1. The predicted octanol–water partition coefficient (Wildman–Crippen LogP) is 0.201. The van der Waals surface area contributed by atoms with Crippen molar-refractivity contribution in [2.75, 3.05) is 25.5 Å². The quantitative estimate of drug-likeness (QED) is 0.738. The molecule has 2 aromatic heterocycles. The minimum absolute atomic E-state index is 0.724. The third kappa shape index (κ3) is 2.86. The molecule has 0 aliphatic carbocycles. The van der Waals surface area contributed by atoms with Gasteiger partial charge in [-0.05, 0) is 0 Å². The lowest BCUT2D eigenvalue weighted by molar-refractivity contribution is 0.409. The van der Waals surface area contributed by atoms with Crippen molar-refractivity contribution in [1.29, 1.82) is 0 Å². The maximum absolute atomic E-state index is 4.67. The van der Waals surface area contributed by atoms with Gasteiger partial charge in [-0.15, -0.1) is 0 Å². The van der Waals surface area contributed by atoms with Crippen LogP contribution in [0.25, 0.3) is 0 Å². The summed E-state index contributed by atoms with van der Waals surface area (Å²) in [5.74, 6) is 1.67. The van der Waals surface area contributed by atoms with E-state index >= 15 is 0 Å². The van der Waals surface area contributed by atoms with Gasteiger partial charge in [0.25, 0.3) is 0 Å². The lowest BCUT2D eigenvalue weighted by Gasteiger charge is -2.12. The molecule has 7 heteroatoms. The summed E-state index contributed by atoms with van der Waals surface area (Å²) < 4.78 is 6.74. The van der Waals surface area contributed by atoms with E-state index in [-0.39, 0.29) is 0 Å². The molecule has 0 fully saturated rings. The molecule has 1 N–H and O–H groups in total. The van der Waals surface area contributed by atoms with E-state index in [0.29, 0.717) is 0 Å². The fourth-order valence-corrected chi connectivity index (χ4v) is 1.73. The largest absolute Gasteiger partial charge is 0.348 e. The number of imidazole rings is 1. The fraction of sp³-hybridized carbons (Fsp3) is 0.545. The summed E-state index contributed by atoms with van der Waals surface area (Å²) in [5.41, 5.74) is 1.15. The van der Waals surface area contributed by atoms with Crippen molar-refractivity contribution in [1.82, 2.24) is 25.0 Å². The summed E-state index contributed by atoms with van der Waals surface area (Å²) in [6.45, 7) is 1.58. The van der Waals surface area contributed by atoms with Crippen LogP contribution in [0.1, 0.15) is 11.5 Å². The summed E-state index contributed by atoms with van der Waals surface area (Å²) in [6, 6.07) is 0. The molecular weight excluding hydrogens is 232 g/mol. The van der Waals surface area contributed by atoms with Gasteiger partial charge < -0.3 is 19.3 Å². The first-order valence-electron chi connectivity index (χ1n) is 5.82. The molecule has 0 atom stereocenters. The molecule has 0 aliphatic heterocycles. The molecule has 0 aromatic carbocycles. The van der Waals surface area contributed by atoms with Gasteiger partial charge in [0.05, 0.1) is 11.9 Å². The van der Waals surface area contributed by atoms with E-state index in [1.807, 2.05) is 32.2 Å². The van der Waals surface area contributed by atoms with Crippen LogP contribution in [-0.4, -0.2) is 40.3 Å². The molecule has 7 nitrogen and oxygen atoms in total. The summed E-state index contributed by atoms with van der Waals surface area (Å²) in [4.78, 5) is 10.3. The zero-order chi connectivity index (χ0) is 13.0.